The highest BCUT2D eigenvalue weighted by Gasteiger charge is 2.27. The Morgan fingerprint density at radius 2 is 1.94 bits per heavy atom. The Hall–Kier alpha value is -2.27. The summed E-state index contributed by atoms with van der Waals surface area (Å²) in [4.78, 5) is 18.4. The van der Waals surface area contributed by atoms with E-state index in [0.29, 0.717) is 37.7 Å². The first-order valence-corrected chi connectivity index (χ1v) is 13.0. The fourth-order valence-electron chi connectivity index (χ4n) is 3.92. The molecule has 0 bridgehead atoms. The third-order valence-electron chi connectivity index (χ3n) is 5.73. The quantitative estimate of drug-likeness (QED) is 0.668. The van der Waals surface area contributed by atoms with E-state index in [0.717, 1.165) is 33.8 Å². The molecule has 4 rings (SSSR count). The standard InChI is InChI=1S/C22H28N4O4S2/c1-4-18-24-15(3)19-14(2)20(31-22(19)25-18)21(27)23-13-16-5-7-17(8-6-16)32(28,29)26-9-11-30-12-10-26/h5-8,18,25H,4,9-13H2,1-3H3,(H,23,27). The maximum Gasteiger partial charge on any atom is 0.261 e. The van der Waals surface area contributed by atoms with E-state index in [1.807, 2.05) is 13.8 Å². The van der Waals surface area contributed by atoms with Crippen LogP contribution in [0.3, 0.4) is 0 Å². The summed E-state index contributed by atoms with van der Waals surface area (Å²) in [5, 5.41) is 7.34. The molecular formula is C22H28N4O4S2. The minimum absolute atomic E-state index is 0.0451. The molecule has 0 spiro atoms. The van der Waals surface area contributed by atoms with E-state index >= 15 is 0 Å². The molecular weight excluding hydrogens is 448 g/mol. The van der Waals surface area contributed by atoms with Crippen LogP contribution in [0.5, 0.6) is 0 Å². The van der Waals surface area contributed by atoms with Crippen LogP contribution in [0, 0.1) is 6.92 Å². The van der Waals surface area contributed by atoms with Crippen LogP contribution in [0.2, 0.25) is 0 Å². The number of carbonyl (C=O) groups excluding carboxylic acids is 1. The SMILES string of the molecule is CCC1N=C(C)c2c(sc(C(=O)NCc3ccc(S(=O)(=O)N4CCOCC4)cc3)c2C)N1. The lowest BCUT2D eigenvalue weighted by atomic mass is 10.1. The van der Waals surface area contributed by atoms with Crippen molar-refractivity contribution in [1.29, 1.82) is 0 Å². The Morgan fingerprint density at radius 1 is 1.25 bits per heavy atom. The van der Waals surface area contributed by atoms with E-state index in [1.54, 1.807) is 24.3 Å². The summed E-state index contributed by atoms with van der Waals surface area (Å²) >= 11 is 1.45. The number of amides is 1. The molecule has 1 unspecified atom stereocenters. The van der Waals surface area contributed by atoms with Crippen molar-refractivity contribution < 1.29 is 17.9 Å². The number of aliphatic imine (C=N–C) groups is 1. The number of fused-ring (bicyclic) bond motifs is 1. The van der Waals surface area contributed by atoms with Gasteiger partial charge in [-0.05, 0) is 43.5 Å². The molecule has 1 aromatic heterocycles. The molecule has 10 heteroatoms. The van der Waals surface area contributed by atoms with E-state index in [1.165, 1.54) is 15.6 Å². The van der Waals surface area contributed by atoms with Crippen LogP contribution >= 0.6 is 11.3 Å². The molecule has 32 heavy (non-hydrogen) atoms. The first-order chi connectivity index (χ1) is 15.3. The molecule has 172 valence electrons. The largest absolute Gasteiger partial charge is 0.379 e. The van der Waals surface area contributed by atoms with Gasteiger partial charge in [0.15, 0.2) is 0 Å². The predicted octanol–water partition coefficient (Wildman–Crippen LogP) is 2.98. The van der Waals surface area contributed by atoms with Gasteiger partial charge in [-0.3, -0.25) is 9.79 Å². The van der Waals surface area contributed by atoms with Gasteiger partial charge in [-0.15, -0.1) is 11.3 Å². The maximum absolute atomic E-state index is 12.9. The van der Waals surface area contributed by atoms with Crippen LogP contribution in [0.25, 0.3) is 0 Å². The van der Waals surface area contributed by atoms with Crippen molar-refractivity contribution in [2.45, 2.75) is 44.8 Å². The van der Waals surface area contributed by atoms with Crippen LogP contribution in [-0.2, 0) is 21.3 Å². The zero-order chi connectivity index (χ0) is 22.9. The molecule has 1 aromatic carbocycles. The topological polar surface area (TPSA) is 100 Å². The van der Waals surface area contributed by atoms with Gasteiger partial charge in [0.1, 0.15) is 11.2 Å². The molecule has 0 aliphatic carbocycles. The smallest absolute Gasteiger partial charge is 0.261 e. The molecule has 2 aromatic rings. The summed E-state index contributed by atoms with van der Waals surface area (Å²) in [6.45, 7) is 7.87. The molecule has 0 radical (unpaired) electrons. The zero-order valence-corrected chi connectivity index (χ0v) is 20.1. The Balaban J connectivity index is 1.42. The van der Waals surface area contributed by atoms with Gasteiger partial charge in [0.25, 0.3) is 5.91 Å². The van der Waals surface area contributed by atoms with Gasteiger partial charge in [0.2, 0.25) is 10.0 Å². The van der Waals surface area contributed by atoms with Crippen molar-refractivity contribution in [2.75, 3.05) is 31.6 Å². The fraction of sp³-hybridized carbons (Fsp3) is 0.455. The molecule has 3 heterocycles. The number of hydrogen-bond donors (Lipinski definition) is 2. The van der Waals surface area contributed by atoms with Gasteiger partial charge in [-0.2, -0.15) is 4.31 Å². The number of thiophene rings is 1. The van der Waals surface area contributed by atoms with Crippen molar-refractivity contribution in [2.24, 2.45) is 4.99 Å². The Morgan fingerprint density at radius 3 is 2.59 bits per heavy atom. The van der Waals surface area contributed by atoms with Crippen LogP contribution in [-0.4, -0.2) is 56.8 Å². The van der Waals surface area contributed by atoms with Gasteiger partial charge in [0, 0.05) is 30.9 Å². The van der Waals surface area contributed by atoms with Gasteiger partial charge in [-0.1, -0.05) is 19.1 Å². The average Bonchev–Trinajstić information content (AvgIpc) is 3.15. The number of rotatable bonds is 6. The van der Waals surface area contributed by atoms with Crippen molar-refractivity contribution in [3.8, 4) is 0 Å². The van der Waals surface area contributed by atoms with E-state index in [-0.39, 0.29) is 17.0 Å². The first-order valence-electron chi connectivity index (χ1n) is 10.7. The van der Waals surface area contributed by atoms with E-state index in [4.69, 9.17) is 4.74 Å². The summed E-state index contributed by atoms with van der Waals surface area (Å²) in [5.41, 5.74) is 3.73. The second kappa shape index (κ2) is 9.30. The molecule has 0 saturated carbocycles. The first kappa shape index (κ1) is 22.9. The third-order valence-corrected chi connectivity index (χ3v) is 8.87. The van der Waals surface area contributed by atoms with E-state index < -0.39 is 10.0 Å². The number of nitrogens with one attached hydrogen (secondary N) is 2. The molecule has 2 aliphatic heterocycles. The van der Waals surface area contributed by atoms with Crippen LogP contribution in [0.4, 0.5) is 5.00 Å². The highest BCUT2D eigenvalue weighted by molar-refractivity contribution is 7.89. The summed E-state index contributed by atoms with van der Waals surface area (Å²) in [6.07, 6.45) is 0.927. The lowest BCUT2D eigenvalue weighted by Crippen LogP contribution is -2.40. The molecule has 1 atom stereocenters. The molecule has 1 saturated heterocycles. The highest BCUT2D eigenvalue weighted by atomic mass is 32.2. The number of anilines is 1. The number of sulfonamides is 1. The Kier molecular flexibility index (Phi) is 6.66. The van der Waals surface area contributed by atoms with Crippen molar-refractivity contribution in [1.82, 2.24) is 9.62 Å². The van der Waals surface area contributed by atoms with E-state index in [9.17, 15) is 13.2 Å². The molecule has 1 amide bonds. The average molecular weight is 477 g/mol. The second-order valence-electron chi connectivity index (χ2n) is 7.89. The predicted molar refractivity (Wildman–Crippen MR) is 126 cm³/mol. The number of benzene rings is 1. The number of nitrogens with zero attached hydrogens (tertiary/aromatic N) is 2. The van der Waals surface area contributed by atoms with Gasteiger partial charge >= 0.3 is 0 Å². The summed E-state index contributed by atoms with van der Waals surface area (Å²) in [7, 11) is -3.52. The number of carbonyl (C=O) groups is 1. The van der Waals surface area contributed by atoms with Crippen LogP contribution < -0.4 is 10.6 Å². The molecule has 2 N–H and O–H groups in total. The Bertz CT molecular complexity index is 1130. The highest BCUT2D eigenvalue weighted by Crippen LogP contribution is 2.36. The van der Waals surface area contributed by atoms with Gasteiger partial charge < -0.3 is 15.4 Å². The summed E-state index contributed by atoms with van der Waals surface area (Å²) in [6, 6.07) is 6.67. The molecule has 1 fully saturated rings. The molecule has 8 nitrogen and oxygen atoms in total. The van der Waals surface area contributed by atoms with Crippen LogP contribution in [0.1, 0.15) is 46.6 Å². The second-order valence-corrected chi connectivity index (χ2v) is 10.8. The number of hydrogen-bond acceptors (Lipinski definition) is 7. The maximum atomic E-state index is 12.9. The van der Waals surface area contributed by atoms with Gasteiger partial charge in [-0.25, -0.2) is 8.42 Å². The minimum atomic E-state index is -3.52. The summed E-state index contributed by atoms with van der Waals surface area (Å²) < 4.78 is 32.2. The normalized spacial score (nSPS) is 19.1. The minimum Gasteiger partial charge on any atom is -0.379 e. The lowest BCUT2D eigenvalue weighted by Gasteiger charge is -2.26. The zero-order valence-electron chi connectivity index (χ0n) is 18.5. The van der Waals surface area contributed by atoms with Crippen LogP contribution in [0.15, 0.2) is 34.2 Å². The van der Waals surface area contributed by atoms with Crippen molar-refractivity contribution in [3.63, 3.8) is 0 Å². The number of morpholine rings is 1. The van der Waals surface area contributed by atoms with Crippen molar-refractivity contribution in [3.05, 3.63) is 45.8 Å². The fourth-order valence-corrected chi connectivity index (χ4v) is 6.55. The van der Waals surface area contributed by atoms with Gasteiger partial charge in [0.05, 0.1) is 23.0 Å². The van der Waals surface area contributed by atoms with E-state index in [2.05, 4.69) is 22.5 Å². The summed E-state index contributed by atoms with van der Waals surface area (Å²) in [5.74, 6) is -0.144. The van der Waals surface area contributed by atoms with Crippen molar-refractivity contribution >= 4 is 38.0 Å². The lowest BCUT2D eigenvalue weighted by molar-refractivity contribution is 0.0730. The number of ether oxygens (including phenoxy) is 1. The molecule has 2 aliphatic rings. The monoisotopic (exact) mass is 476 g/mol. The third kappa shape index (κ3) is 4.45. The Labute approximate surface area is 192 Å².